The van der Waals surface area contributed by atoms with Gasteiger partial charge >= 0.3 is 0 Å². The molecule has 18 heavy (non-hydrogen) atoms. The van der Waals surface area contributed by atoms with E-state index in [-0.39, 0.29) is 11.4 Å². The van der Waals surface area contributed by atoms with Crippen molar-refractivity contribution in [1.29, 1.82) is 5.41 Å². The molecule has 0 atom stereocenters. The van der Waals surface area contributed by atoms with Crippen LogP contribution in [0.2, 0.25) is 5.02 Å². The number of hydrogen-bond acceptors (Lipinski definition) is 2. The summed E-state index contributed by atoms with van der Waals surface area (Å²) in [5.41, 5.74) is 7.19. The van der Waals surface area contributed by atoms with Crippen LogP contribution in [0, 0.1) is 25.1 Å². The van der Waals surface area contributed by atoms with Crippen molar-refractivity contribution in [2.45, 2.75) is 13.8 Å². The maximum atomic E-state index is 13.7. The van der Waals surface area contributed by atoms with E-state index in [2.05, 4.69) is 5.10 Å². The summed E-state index contributed by atoms with van der Waals surface area (Å²) in [6.07, 6.45) is 0. The summed E-state index contributed by atoms with van der Waals surface area (Å²) in [5, 5.41) is 12.2. The maximum Gasteiger partial charge on any atom is 0.136 e. The number of amidine groups is 1. The topological polar surface area (TPSA) is 67.7 Å². The van der Waals surface area contributed by atoms with E-state index in [0.717, 1.165) is 0 Å². The van der Waals surface area contributed by atoms with Gasteiger partial charge in [0.1, 0.15) is 11.7 Å². The van der Waals surface area contributed by atoms with Crippen molar-refractivity contribution >= 4 is 17.4 Å². The summed E-state index contributed by atoms with van der Waals surface area (Å²) < 4.78 is 15.2. The molecule has 0 spiro atoms. The molecule has 0 radical (unpaired) electrons. The van der Waals surface area contributed by atoms with Gasteiger partial charge in [0.25, 0.3) is 0 Å². The molecule has 0 fully saturated rings. The average molecular weight is 267 g/mol. The quantitative estimate of drug-likeness (QED) is 0.648. The molecule has 2 aromatic rings. The lowest BCUT2D eigenvalue weighted by Crippen LogP contribution is -2.17. The second-order valence-corrected chi connectivity index (χ2v) is 4.32. The number of nitrogens with one attached hydrogen (secondary N) is 1. The Balaban J connectivity index is 2.75. The molecule has 94 valence electrons. The molecule has 2 rings (SSSR count). The van der Waals surface area contributed by atoms with Gasteiger partial charge in [-0.25, -0.2) is 9.07 Å². The molecule has 0 aliphatic rings. The van der Waals surface area contributed by atoms with Gasteiger partial charge in [0.2, 0.25) is 0 Å². The number of hydrogen-bond donors (Lipinski definition) is 2. The van der Waals surface area contributed by atoms with Crippen LogP contribution in [0.4, 0.5) is 4.39 Å². The molecule has 0 saturated carbocycles. The average Bonchev–Trinajstić information content (AvgIpc) is 2.56. The van der Waals surface area contributed by atoms with Crippen LogP contribution in [-0.4, -0.2) is 15.6 Å². The van der Waals surface area contributed by atoms with Crippen LogP contribution in [0.1, 0.15) is 17.0 Å². The molecule has 6 heteroatoms. The Morgan fingerprint density at radius 2 is 2.11 bits per heavy atom. The fourth-order valence-electron chi connectivity index (χ4n) is 1.81. The molecule has 0 unspecified atom stereocenters. The zero-order valence-electron chi connectivity index (χ0n) is 9.96. The van der Waals surface area contributed by atoms with Gasteiger partial charge in [-0.1, -0.05) is 17.7 Å². The molecular formula is C12H12ClFN4. The van der Waals surface area contributed by atoms with Crippen molar-refractivity contribution in [3.63, 3.8) is 0 Å². The summed E-state index contributed by atoms with van der Waals surface area (Å²) in [4.78, 5) is 0. The Morgan fingerprint density at radius 1 is 1.44 bits per heavy atom. The van der Waals surface area contributed by atoms with Gasteiger partial charge in [-0.3, -0.25) is 5.41 Å². The van der Waals surface area contributed by atoms with Crippen LogP contribution in [0.3, 0.4) is 0 Å². The van der Waals surface area contributed by atoms with E-state index in [1.54, 1.807) is 26.0 Å². The van der Waals surface area contributed by atoms with Crippen LogP contribution < -0.4 is 5.73 Å². The lowest BCUT2D eigenvalue weighted by molar-refractivity contribution is 0.621. The molecule has 1 heterocycles. The summed E-state index contributed by atoms with van der Waals surface area (Å²) in [5.74, 6) is -0.893. The Labute approximate surface area is 109 Å². The molecule has 1 aromatic carbocycles. The number of nitrogen functional groups attached to an aromatic ring is 1. The Hall–Kier alpha value is -1.88. The standard InChI is InChI=1S/C12H12ClFN4/c1-6-11(13)7(2)18(17-6)9-5-3-4-8(14)10(9)12(15)16/h3-5H,1-2H3,(H3,15,16). The highest BCUT2D eigenvalue weighted by Gasteiger charge is 2.17. The van der Waals surface area contributed by atoms with E-state index in [1.807, 2.05) is 0 Å². The third-order valence-electron chi connectivity index (χ3n) is 2.69. The molecule has 0 saturated heterocycles. The fourth-order valence-corrected chi connectivity index (χ4v) is 1.93. The second kappa shape index (κ2) is 4.42. The first kappa shape index (κ1) is 12.6. The molecule has 1 aromatic heterocycles. The van der Waals surface area contributed by atoms with Gasteiger partial charge in [0.05, 0.1) is 27.7 Å². The molecule has 0 amide bonds. The van der Waals surface area contributed by atoms with Crippen LogP contribution in [0.5, 0.6) is 0 Å². The Kier molecular flexibility index (Phi) is 3.09. The van der Waals surface area contributed by atoms with Gasteiger partial charge in [0.15, 0.2) is 0 Å². The van der Waals surface area contributed by atoms with Crippen molar-refractivity contribution in [2.75, 3.05) is 0 Å². The van der Waals surface area contributed by atoms with Gasteiger partial charge in [-0.05, 0) is 26.0 Å². The number of halogens is 2. The highest BCUT2D eigenvalue weighted by Crippen LogP contribution is 2.25. The van der Waals surface area contributed by atoms with Gasteiger partial charge in [-0.15, -0.1) is 0 Å². The predicted molar refractivity (Wildman–Crippen MR) is 69.0 cm³/mol. The zero-order valence-corrected chi connectivity index (χ0v) is 10.7. The van der Waals surface area contributed by atoms with E-state index in [0.29, 0.717) is 22.1 Å². The largest absolute Gasteiger partial charge is 0.384 e. The number of aromatic nitrogens is 2. The lowest BCUT2D eigenvalue weighted by atomic mass is 10.1. The first-order chi connectivity index (χ1) is 8.43. The van der Waals surface area contributed by atoms with Gasteiger partial charge in [0, 0.05) is 0 Å². The number of aryl methyl sites for hydroxylation is 1. The minimum Gasteiger partial charge on any atom is -0.384 e. The molecule has 3 N–H and O–H groups in total. The predicted octanol–water partition coefficient (Wildman–Crippen LogP) is 2.57. The second-order valence-electron chi connectivity index (χ2n) is 3.94. The summed E-state index contributed by atoms with van der Waals surface area (Å²) in [7, 11) is 0. The summed E-state index contributed by atoms with van der Waals surface area (Å²) in [6, 6.07) is 4.45. The zero-order chi connectivity index (χ0) is 13.4. The Bertz CT molecular complexity index is 633. The van der Waals surface area contributed by atoms with Crippen molar-refractivity contribution in [2.24, 2.45) is 5.73 Å². The molecule has 4 nitrogen and oxygen atoms in total. The van der Waals surface area contributed by atoms with Crippen LogP contribution in [-0.2, 0) is 0 Å². The maximum absolute atomic E-state index is 13.7. The molecular weight excluding hydrogens is 255 g/mol. The van der Waals surface area contributed by atoms with Gasteiger partial charge < -0.3 is 5.73 Å². The van der Waals surface area contributed by atoms with E-state index in [1.165, 1.54) is 10.7 Å². The van der Waals surface area contributed by atoms with Crippen LogP contribution in [0.25, 0.3) is 5.69 Å². The third kappa shape index (κ3) is 1.86. The van der Waals surface area contributed by atoms with Crippen molar-refractivity contribution in [3.8, 4) is 5.69 Å². The van der Waals surface area contributed by atoms with E-state index in [9.17, 15) is 4.39 Å². The monoisotopic (exact) mass is 266 g/mol. The van der Waals surface area contributed by atoms with E-state index in [4.69, 9.17) is 22.7 Å². The third-order valence-corrected chi connectivity index (χ3v) is 3.24. The first-order valence-electron chi connectivity index (χ1n) is 5.28. The SMILES string of the molecule is Cc1nn(-c2cccc(F)c2C(=N)N)c(C)c1Cl. The van der Waals surface area contributed by atoms with E-state index < -0.39 is 5.82 Å². The Morgan fingerprint density at radius 3 is 2.61 bits per heavy atom. The number of benzene rings is 1. The van der Waals surface area contributed by atoms with Crippen molar-refractivity contribution < 1.29 is 4.39 Å². The van der Waals surface area contributed by atoms with Crippen LogP contribution in [0.15, 0.2) is 18.2 Å². The van der Waals surface area contributed by atoms with E-state index >= 15 is 0 Å². The van der Waals surface area contributed by atoms with Crippen molar-refractivity contribution in [3.05, 3.63) is 46.0 Å². The lowest BCUT2D eigenvalue weighted by Gasteiger charge is -2.10. The first-order valence-corrected chi connectivity index (χ1v) is 5.66. The number of rotatable bonds is 2. The number of nitrogens with zero attached hydrogens (tertiary/aromatic N) is 2. The molecule has 0 aliphatic carbocycles. The van der Waals surface area contributed by atoms with Gasteiger partial charge in [-0.2, -0.15) is 5.10 Å². The molecule has 0 bridgehead atoms. The number of nitrogens with two attached hydrogens (primary N) is 1. The summed E-state index contributed by atoms with van der Waals surface area (Å²) >= 11 is 6.06. The highest BCUT2D eigenvalue weighted by atomic mass is 35.5. The summed E-state index contributed by atoms with van der Waals surface area (Å²) in [6.45, 7) is 3.54. The van der Waals surface area contributed by atoms with Crippen LogP contribution >= 0.6 is 11.6 Å². The fraction of sp³-hybridized carbons (Fsp3) is 0.167. The normalized spacial score (nSPS) is 10.7. The smallest absolute Gasteiger partial charge is 0.136 e. The molecule has 0 aliphatic heterocycles. The van der Waals surface area contributed by atoms with Crippen molar-refractivity contribution in [1.82, 2.24) is 9.78 Å². The minimum atomic E-state index is -0.552. The highest BCUT2D eigenvalue weighted by molar-refractivity contribution is 6.31. The minimum absolute atomic E-state index is 0.0276.